The summed E-state index contributed by atoms with van der Waals surface area (Å²) in [6.45, 7) is 4.66. The fraction of sp³-hybridized carbons (Fsp3) is 0.263. The molecule has 26 heavy (non-hydrogen) atoms. The standard InChI is InChI=1S/C19H22FN5O/c1-11(19(2,3)20)24-17-15(18(22)26)9-23-25-10-13(8-16(17)25)12-5-4-6-14(21)7-12/h4-11,24H,21H2,1-3H3,(H2,22,26)/t11-/m1/s1. The van der Waals surface area contributed by atoms with Gasteiger partial charge in [-0.15, -0.1) is 0 Å². The van der Waals surface area contributed by atoms with Crippen LogP contribution in [0.4, 0.5) is 15.8 Å². The number of hydrogen-bond acceptors (Lipinski definition) is 4. The maximum absolute atomic E-state index is 14.3. The monoisotopic (exact) mass is 355 g/mol. The second-order valence-corrected chi connectivity index (χ2v) is 6.91. The molecule has 0 unspecified atom stereocenters. The Kier molecular flexibility index (Phi) is 4.31. The number of nitrogens with one attached hydrogen (secondary N) is 1. The van der Waals surface area contributed by atoms with Crippen LogP contribution in [0.25, 0.3) is 16.6 Å². The smallest absolute Gasteiger partial charge is 0.252 e. The zero-order valence-corrected chi connectivity index (χ0v) is 15.0. The van der Waals surface area contributed by atoms with E-state index in [1.807, 2.05) is 30.5 Å². The Labute approximate surface area is 151 Å². The van der Waals surface area contributed by atoms with Gasteiger partial charge in [0.25, 0.3) is 5.91 Å². The summed E-state index contributed by atoms with van der Waals surface area (Å²) in [5.41, 5.74) is 13.6. The highest BCUT2D eigenvalue weighted by Gasteiger charge is 2.27. The van der Waals surface area contributed by atoms with Crippen molar-refractivity contribution >= 4 is 22.8 Å². The first-order valence-corrected chi connectivity index (χ1v) is 8.29. The summed E-state index contributed by atoms with van der Waals surface area (Å²) in [7, 11) is 0. The molecule has 2 aromatic heterocycles. The average Bonchev–Trinajstić information content (AvgIpc) is 2.98. The normalized spacial score (nSPS) is 12.9. The van der Waals surface area contributed by atoms with Crippen molar-refractivity contribution in [3.05, 3.63) is 48.3 Å². The van der Waals surface area contributed by atoms with Crippen molar-refractivity contribution in [2.24, 2.45) is 5.73 Å². The zero-order chi connectivity index (χ0) is 19.1. The van der Waals surface area contributed by atoms with Gasteiger partial charge in [-0.3, -0.25) is 4.79 Å². The maximum atomic E-state index is 14.3. The van der Waals surface area contributed by atoms with Crippen molar-refractivity contribution < 1.29 is 9.18 Å². The Morgan fingerprint density at radius 1 is 1.31 bits per heavy atom. The second-order valence-electron chi connectivity index (χ2n) is 6.91. The van der Waals surface area contributed by atoms with E-state index in [0.29, 0.717) is 16.9 Å². The Morgan fingerprint density at radius 3 is 2.65 bits per heavy atom. The predicted molar refractivity (Wildman–Crippen MR) is 102 cm³/mol. The van der Waals surface area contributed by atoms with Crippen LogP contribution in [0.3, 0.4) is 0 Å². The van der Waals surface area contributed by atoms with E-state index in [0.717, 1.165) is 11.1 Å². The zero-order valence-electron chi connectivity index (χ0n) is 15.0. The van der Waals surface area contributed by atoms with Gasteiger partial charge in [0.15, 0.2) is 0 Å². The van der Waals surface area contributed by atoms with Crippen molar-refractivity contribution in [2.75, 3.05) is 11.1 Å². The number of fused-ring (bicyclic) bond motifs is 1. The number of alkyl halides is 1. The van der Waals surface area contributed by atoms with Crippen LogP contribution in [-0.2, 0) is 0 Å². The Bertz CT molecular complexity index is 974. The highest BCUT2D eigenvalue weighted by Crippen LogP contribution is 2.31. The van der Waals surface area contributed by atoms with E-state index in [2.05, 4.69) is 10.4 Å². The molecule has 1 atom stereocenters. The summed E-state index contributed by atoms with van der Waals surface area (Å²) < 4.78 is 15.9. The first kappa shape index (κ1) is 17.7. The van der Waals surface area contributed by atoms with Crippen LogP contribution in [0.5, 0.6) is 0 Å². The summed E-state index contributed by atoms with van der Waals surface area (Å²) in [6.07, 6.45) is 3.21. The maximum Gasteiger partial charge on any atom is 0.252 e. The summed E-state index contributed by atoms with van der Waals surface area (Å²) in [5.74, 6) is -0.627. The first-order chi connectivity index (χ1) is 12.2. The topological polar surface area (TPSA) is 98.4 Å². The van der Waals surface area contributed by atoms with Crippen LogP contribution in [0, 0.1) is 0 Å². The molecule has 3 aromatic rings. The van der Waals surface area contributed by atoms with Gasteiger partial charge in [-0.2, -0.15) is 5.10 Å². The molecule has 5 N–H and O–H groups in total. The molecule has 0 fully saturated rings. The van der Waals surface area contributed by atoms with Crippen molar-refractivity contribution in [3.63, 3.8) is 0 Å². The minimum Gasteiger partial charge on any atom is -0.399 e. The number of hydrogen-bond donors (Lipinski definition) is 3. The molecular weight excluding hydrogens is 333 g/mol. The summed E-state index contributed by atoms with van der Waals surface area (Å²) >= 11 is 0. The van der Waals surface area contributed by atoms with Gasteiger partial charge < -0.3 is 16.8 Å². The molecule has 0 spiro atoms. The molecule has 6 nitrogen and oxygen atoms in total. The number of primary amides is 1. The van der Waals surface area contributed by atoms with Gasteiger partial charge in [-0.1, -0.05) is 12.1 Å². The third-order valence-electron chi connectivity index (χ3n) is 4.51. The lowest BCUT2D eigenvalue weighted by Crippen LogP contribution is -2.36. The second kappa shape index (κ2) is 6.33. The summed E-state index contributed by atoms with van der Waals surface area (Å²) in [6, 6.07) is 8.78. The van der Waals surface area contributed by atoms with Gasteiger partial charge in [-0.05, 0) is 44.5 Å². The lowest BCUT2D eigenvalue weighted by Gasteiger charge is -2.26. The highest BCUT2D eigenvalue weighted by atomic mass is 19.1. The van der Waals surface area contributed by atoms with Gasteiger partial charge in [0, 0.05) is 17.4 Å². The molecular formula is C19H22FN5O. The van der Waals surface area contributed by atoms with Gasteiger partial charge in [0.2, 0.25) is 0 Å². The number of nitrogens with two attached hydrogens (primary N) is 2. The lowest BCUT2D eigenvalue weighted by molar-refractivity contribution is 0.1000. The SMILES string of the molecule is C[C@@H](Nc1c(C(N)=O)cnn2cc(-c3cccc(N)c3)cc12)C(C)(C)F. The van der Waals surface area contributed by atoms with Crippen molar-refractivity contribution in [1.82, 2.24) is 9.61 Å². The minimum atomic E-state index is -1.49. The number of benzene rings is 1. The molecule has 7 heteroatoms. The molecule has 0 radical (unpaired) electrons. The van der Waals surface area contributed by atoms with Crippen molar-refractivity contribution in [1.29, 1.82) is 0 Å². The number of halogens is 1. The first-order valence-electron chi connectivity index (χ1n) is 8.29. The Morgan fingerprint density at radius 2 is 2.04 bits per heavy atom. The van der Waals surface area contributed by atoms with E-state index in [1.165, 1.54) is 20.0 Å². The number of rotatable bonds is 5. The molecule has 0 saturated carbocycles. The molecule has 3 rings (SSSR count). The number of amides is 1. The van der Waals surface area contributed by atoms with Crippen molar-refractivity contribution in [2.45, 2.75) is 32.5 Å². The van der Waals surface area contributed by atoms with Crippen LogP contribution in [0.15, 0.2) is 42.7 Å². The molecule has 0 aliphatic rings. The van der Waals surface area contributed by atoms with E-state index >= 15 is 0 Å². The van der Waals surface area contributed by atoms with E-state index in [9.17, 15) is 9.18 Å². The van der Waals surface area contributed by atoms with Gasteiger partial charge >= 0.3 is 0 Å². The molecule has 1 amide bonds. The average molecular weight is 355 g/mol. The quantitative estimate of drug-likeness (QED) is 0.612. The van der Waals surface area contributed by atoms with E-state index in [-0.39, 0.29) is 5.56 Å². The highest BCUT2D eigenvalue weighted by molar-refractivity contribution is 6.02. The molecule has 0 aliphatic heterocycles. The minimum absolute atomic E-state index is 0.214. The van der Waals surface area contributed by atoms with E-state index in [4.69, 9.17) is 11.5 Å². The van der Waals surface area contributed by atoms with Gasteiger partial charge in [0.05, 0.1) is 29.0 Å². The Balaban J connectivity index is 2.16. The van der Waals surface area contributed by atoms with Crippen LogP contribution in [0.2, 0.25) is 0 Å². The largest absolute Gasteiger partial charge is 0.399 e. The number of anilines is 2. The van der Waals surface area contributed by atoms with Gasteiger partial charge in [-0.25, -0.2) is 8.91 Å². The third kappa shape index (κ3) is 3.33. The fourth-order valence-electron chi connectivity index (χ4n) is 2.66. The summed E-state index contributed by atoms with van der Waals surface area (Å²) in [4.78, 5) is 11.8. The molecule has 2 heterocycles. The van der Waals surface area contributed by atoms with Gasteiger partial charge in [0.1, 0.15) is 5.67 Å². The van der Waals surface area contributed by atoms with Crippen LogP contribution >= 0.6 is 0 Å². The van der Waals surface area contributed by atoms with Crippen LogP contribution < -0.4 is 16.8 Å². The number of carbonyl (C=O) groups excluding carboxylic acids is 1. The molecule has 0 bridgehead atoms. The van der Waals surface area contributed by atoms with Crippen molar-refractivity contribution in [3.8, 4) is 11.1 Å². The molecule has 136 valence electrons. The predicted octanol–water partition coefficient (Wildman–Crippen LogP) is 3.23. The molecule has 0 aliphatic carbocycles. The third-order valence-corrected chi connectivity index (χ3v) is 4.51. The molecule has 1 aromatic carbocycles. The van der Waals surface area contributed by atoms with E-state index in [1.54, 1.807) is 17.5 Å². The number of aromatic nitrogens is 2. The Hall–Kier alpha value is -3.09. The molecule has 0 saturated heterocycles. The van der Waals surface area contributed by atoms with E-state index < -0.39 is 17.6 Å². The number of carbonyl (C=O) groups is 1. The summed E-state index contributed by atoms with van der Waals surface area (Å²) in [5, 5.41) is 7.34. The van der Waals surface area contributed by atoms with Crippen LogP contribution in [0.1, 0.15) is 31.1 Å². The lowest BCUT2D eigenvalue weighted by atomic mass is 10.0. The number of nitrogen functional groups attached to an aromatic ring is 1. The van der Waals surface area contributed by atoms with Crippen LogP contribution in [-0.4, -0.2) is 27.2 Å². The number of nitrogens with zero attached hydrogens (tertiary/aromatic N) is 2. The fourth-order valence-corrected chi connectivity index (χ4v) is 2.66.